The van der Waals surface area contributed by atoms with Crippen LogP contribution in [0.2, 0.25) is 0 Å². The Hall–Kier alpha value is -5.35. The molecule has 0 spiro atoms. The topological polar surface area (TPSA) is 258 Å². The highest BCUT2D eigenvalue weighted by Crippen LogP contribution is 2.16. The number of aryl methyl sites for hydroxylation is 1. The average molecular weight is 909 g/mol. The highest BCUT2D eigenvalue weighted by atomic mass is 16.4. The lowest BCUT2D eigenvalue weighted by atomic mass is 9.97. The number of unbranched alkanes of at least 4 members (excludes halogenated alkanes) is 11. The first kappa shape index (κ1) is 55.8. The molecule has 2 rings (SSSR count). The Bertz CT molecular complexity index is 1750. The van der Waals surface area contributed by atoms with Gasteiger partial charge in [-0.3, -0.25) is 28.8 Å². The largest absolute Gasteiger partial charge is 0.480 e. The Morgan fingerprint density at radius 3 is 1.60 bits per heavy atom. The van der Waals surface area contributed by atoms with Gasteiger partial charge in [0.15, 0.2) is 0 Å². The summed E-state index contributed by atoms with van der Waals surface area (Å²) in [5, 5.41) is 40.2. The van der Waals surface area contributed by atoms with Crippen molar-refractivity contribution in [2.24, 2.45) is 11.7 Å². The minimum Gasteiger partial charge on any atom is -0.480 e. The van der Waals surface area contributed by atoms with Gasteiger partial charge in [0.1, 0.15) is 30.2 Å². The number of likely N-dealkylation sites (N-methyl/N-ethyl adjacent to an activating group) is 1. The van der Waals surface area contributed by atoms with Crippen molar-refractivity contribution in [3.05, 3.63) is 71.8 Å². The van der Waals surface area contributed by atoms with E-state index in [4.69, 9.17) is 5.73 Å². The van der Waals surface area contributed by atoms with Crippen molar-refractivity contribution in [1.29, 1.82) is 0 Å². The number of nitrogens with zero attached hydrogens (tertiary/aromatic N) is 1. The molecular weight excluding hydrogens is 833 g/mol. The van der Waals surface area contributed by atoms with Gasteiger partial charge >= 0.3 is 5.97 Å². The highest BCUT2D eigenvalue weighted by Gasteiger charge is 2.36. The molecule has 6 amide bonds. The van der Waals surface area contributed by atoms with E-state index >= 15 is 0 Å². The molecule has 1 unspecified atom stereocenters. The molecule has 362 valence electrons. The predicted molar refractivity (Wildman–Crippen MR) is 249 cm³/mol. The Labute approximate surface area is 385 Å². The molecular formula is C49H76N6O10. The second kappa shape index (κ2) is 31.5. The third kappa shape index (κ3) is 21.9. The zero-order valence-electron chi connectivity index (χ0n) is 39.0. The molecule has 0 heterocycles. The number of amides is 6. The molecule has 0 aliphatic heterocycles. The Kier molecular flexibility index (Phi) is 27.0. The first-order chi connectivity index (χ1) is 31.1. The molecule has 2 aromatic rings. The summed E-state index contributed by atoms with van der Waals surface area (Å²) >= 11 is 0. The lowest BCUT2D eigenvalue weighted by Gasteiger charge is -2.32. The van der Waals surface area contributed by atoms with Crippen molar-refractivity contribution >= 4 is 41.4 Å². The van der Waals surface area contributed by atoms with Crippen molar-refractivity contribution in [2.75, 3.05) is 13.7 Å². The number of nitrogens with two attached hydrogens (primary N) is 1. The van der Waals surface area contributed by atoms with E-state index in [1.54, 1.807) is 6.92 Å². The maximum absolute atomic E-state index is 13.4. The number of carbonyl (C=O) groups excluding carboxylic acids is 6. The minimum atomic E-state index is -1.32. The molecule has 2 aromatic carbocycles. The SMILES string of the molecule is CC[C@H](C)[C@@H](NC(=O)[C@H]([C@H](C)O)N(C)C(=O)CCCCCCCCCCCCCCC(=O)N[C@H](CCc1ccccc1)C(=O)N[C@@H](Cc1ccccc1)C(=O)O)C(=O)NC(CO)C(N)=O. The molecule has 0 saturated heterocycles. The monoisotopic (exact) mass is 909 g/mol. The number of primary amides is 1. The molecule has 0 aliphatic carbocycles. The van der Waals surface area contributed by atoms with Crippen LogP contribution in [0.1, 0.15) is 135 Å². The summed E-state index contributed by atoms with van der Waals surface area (Å²) < 4.78 is 0. The average Bonchev–Trinajstić information content (AvgIpc) is 3.28. The van der Waals surface area contributed by atoms with Crippen LogP contribution >= 0.6 is 0 Å². The number of nitrogens with one attached hydrogen (secondary N) is 4. The van der Waals surface area contributed by atoms with Gasteiger partial charge in [-0.25, -0.2) is 4.79 Å². The summed E-state index contributed by atoms with van der Waals surface area (Å²) in [6.45, 7) is 4.25. The van der Waals surface area contributed by atoms with Gasteiger partial charge in [-0.05, 0) is 49.7 Å². The fourth-order valence-corrected chi connectivity index (χ4v) is 7.60. The van der Waals surface area contributed by atoms with E-state index in [2.05, 4.69) is 21.3 Å². The van der Waals surface area contributed by atoms with Crippen LogP contribution < -0.4 is 27.0 Å². The summed E-state index contributed by atoms with van der Waals surface area (Å²) in [7, 11) is 1.45. The van der Waals surface area contributed by atoms with Crippen LogP contribution in [-0.4, -0.2) is 112 Å². The van der Waals surface area contributed by atoms with Crippen LogP contribution in [0.5, 0.6) is 0 Å². The summed E-state index contributed by atoms with van der Waals surface area (Å²) in [5.41, 5.74) is 7.03. The third-order valence-corrected chi connectivity index (χ3v) is 11.8. The molecule has 16 heteroatoms. The number of aliphatic carboxylic acids is 1. The van der Waals surface area contributed by atoms with E-state index in [1.165, 1.54) is 18.9 Å². The predicted octanol–water partition coefficient (Wildman–Crippen LogP) is 4.08. The minimum absolute atomic E-state index is 0.132. The van der Waals surface area contributed by atoms with E-state index in [9.17, 15) is 48.9 Å². The van der Waals surface area contributed by atoms with Gasteiger partial charge in [0, 0.05) is 26.3 Å². The summed E-state index contributed by atoms with van der Waals surface area (Å²) in [6, 6.07) is 13.1. The number of carboxylic acid groups (broad SMARTS) is 1. The second-order valence-corrected chi connectivity index (χ2v) is 17.2. The van der Waals surface area contributed by atoms with Crippen molar-refractivity contribution in [1.82, 2.24) is 26.2 Å². The van der Waals surface area contributed by atoms with Gasteiger partial charge < -0.3 is 47.2 Å². The van der Waals surface area contributed by atoms with Crippen LogP contribution in [0, 0.1) is 5.92 Å². The maximum Gasteiger partial charge on any atom is 0.326 e. The number of hydrogen-bond acceptors (Lipinski definition) is 9. The molecule has 0 aromatic heterocycles. The summed E-state index contributed by atoms with van der Waals surface area (Å²) in [6.07, 6.45) is 12.3. The van der Waals surface area contributed by atoms with Gasteiger partial charge in [0.2, 0.25) is 35.4 Å². The Morgan fingerprint density at radius 1 is 0.631 bits per heavy atom. The first-order valence-corrected chi connectivity index (χ1v) is 23.4. The number of benzene rings is 2. The van der Waals surface area contributed by atoms with Crippen LogP contribution in [0.4, 0.5) is 0 Å². The molecule has 65 heavy (non-hydrogen) atoms. The van der Waals surface area contributed by atoms with Crippen LogP contribution in [-0.2, 0) is 46.4 Å². The lowest BCUT2D eigenvalue weighted by molar-refractivity contribution is -0.144. The number of carboxylic acids is 1. The number of aliphatic hydroxyl groups excluding tert-OH is 2. The van der Waals surface area contributed by atoms with E-state index in [0.29, 0.717) is 32.1 Å². The van der Waals surface area contributed by atoms with Gasteiger partial charge in [-0.2, -0.15) is 0 Å². The number of rotatable bonds is 34. The highest BCUT2D eigenvalue weighted by molar-refractivity contribution is 5.94. The van der Waals surface area contributed by atoms with Crippen molar-refractivity contribution in [2.45, 2.75) is 173 Å². The van der Waals surface area contributed by atoms with Crippen LogP contribution in [0.15, 0.2) is 60.7 Å². The van der Waals surface area contributed by atoms with Crippen molar-refractivity contribution < 1.29 is 48.9 Å². The fourth-order valence-electron chi connectivity index (χ4n) is 7.60. The smallest absolute Gasteiger partial charge is 0.326 e. The first-order valence-electron chi connectivity index (χ1n) is 23.4. The molecule has 0 fully saturated rings. The van der Waals surface area contributed by atoms with Crippen LogP contribution in [0.3, 0.4) is 0 Å². The molecule has 0 bridgehead atoms. The van der Waals surface area contributed by atoms with E-state index in [0.717, 1.165) is 75.3 Å². The number of hydrogen-bond donors (Lipinski definition) is 8. The third-order valence-electron chi connectivity index (χ3n) is 11.8. The van der Waals surface area contributed by atoms with Crippen molar-refractivity contribution in [3.8, 4) is 0 Å². The van der Waals surface area contributed by atoms with Crippen LogP contribution in [0.25, 0.3) is 0 Å². The van der Waals surface area contributed by atoms with Gasteiger partial charge in [-0.1, -0.05) is 145 Å². The standard InChI is InChI=1S/C49H76N6O10/c1-5-34(2)43(47(62)53-40(33-56)45(50)60)54-48(63)44(35(3)57)55(4)42(59)29-23-15-13-11-9-7-6-8-10-12-14-22-28-41(58)51-38(31-30-36-24-18-16-19-25-36)46(61)52-39(49(64)65)32-37-26-20-17-21-27-37/h16-21,24-27,34-35,38-40,43-44,56-57H,5-15,22-23,28-33H2,1-4H3,(H2,50,60)(H,51,58)(H,52,61)(H,53,62)(H,54,63)(H,64,65)/t34-,35-,38+,39-,40?,43+,44-/m0/s1. The molecule has 0 saturated carbocycles. The van der Waals surface area contributed by atoms with E-state index < -0.39 is 72.5 Å². The Balaban J connectivity index is 1.66. The lowest BCUT2D eigenvalue weighted by Crippen LogP contribution is -2.60. The molecule has 16 nitrogen and oxygen atoms in total. The normalized spacial score (nSPS) is 14.4. The van der Waals surface area contributed by atoms with Gasteiger partial charge in [-0.15, -0.1) is 0 Å². The van der Waals surface area contributed by atoms with E-state index in [-0.39, 0.29) is 37.0 Å². The molecule has 0 aliphatic rings. The number of carbonyl (C=O) groups is 7. The molecule has 9 N–H and O–H groups in total. The van der Waals surface area contributed by atoms with Gasteiger partial charge in [0.05, 0.1) is 12.7 Å². The summed E-state index contributed by atoms with van der Waals surface area (Å²) in [5.74, 6) is -4.90. The van der Waals surface area contributed by atoms with Gasteiger partial charge in [0.25, 0.3) is 0 Å². The zero-order chi connectivity index (χ0) is 48.1. The molecule has 7 atom stereocenters. The second-order valence-electron chi connectivity index (χ2n) is 17.2. The zero-order valence-corrected chi connectivity index (χ0v) is 39.0. The van der Waals surface area contributed by atoms with Crippen molar-refractivity contribution in [3.63, 3.8) is 0 Å². The molecule has 0 radical (unpaired) electrons. The maximum atomic E-state index is 13.4. The van der Waals surface area contributed by atoms with E-state index in [1.807, 2.05) is 67.6 Å². The fraction of sp³-hybridized carbons (Fsp3) is 0.612. The quantitative estimate of drug-likeness (QED) is 0.0467. The summed E-state index contributed by atoms with van der Waals surface area (Å²) in [4.78, 5) is 90.4. The Morgan fingerprint density at radius 2 is 1.12 bits per heavy atom. The number of aliphatic hydroxyl groups is 2.